The Kier molecular flexibility index (Phi) is 9.01. The van der Waals surface area contributed by atoms with Crippen molar-refractivity contribution in [3.8, 4) is 39.4 Å². The first-order valence-electron chi connectivity index (χ1n) is 16.5. The van der Waals surface area contributed by atoms with Crippen molar-refractivity contribution in [2.45, 2.75) is 45.3 Å². The molecule has 0 radical (unpaired) electrons. The van der Waals surface area contributed by atoms with E-state index in [9.17, 15) is 4.79 Å². The van der Waals surface area contributed by atoms with Gasteiger partial charge in [0.05, 0.1) is 30.1 Å². The van der Waals surface area contributed by atoms with Gasteiger partial charge in [0.15, 0.2) is 5.82 Å². The summed E-state index contributed by atoms with van der Waals surface area (Å²) in [5.41, 5.74) is 5.76. The number of hydrogen-bond donors (Lipinski definition) is 0. The summed E-state index contributed by atoms with van der Waals surface area (Å²) in [5, 5.41) is 0. The summed E-state index contributed by atoms with van der Waals surface area (Å²) in [6.07, 6.45) is 2.32. The van der Waals surface area contributed by atoms with Gasteiger partial charge in [-0.3, -0.25) is 9.36 Å². The molecule has 0 unspecified atom stereocenters. The first-order valence-corrected chi connectivity index (χ1v) is 16.5. The predicted octanol–water partition coefficient (Wildman–Crippen LogP) is 9.86. The molecule has 242 valence electrons. The van der Waals surface area contributed by atoms with Crippen LogP contribution in [0.15, 0.2) is 115 Å². The van der Waals surface area contributed by atoms with Crippen molar-refractivity contribution >= 4 is 17.0 Å². The van der Waals surface area contributed by atoms with Crippen LogP contribution in [-0.2, 0) is 16.1 Å². The maximum absolute atomic E-state index is 16.4. The van der Waals surface area contributed by atoms with E-state index in [1.54, 1.807) is 23.6 Å². The van der Waals surface area contributed by atoms with E-state index < -0.39 is 11.6 Å². The quantitative estimate of drug-likeness (QED) is 0.147. The number of carbonyl (C=O) groups excluding carboxylic acids is 1. The third-order valence-electron chi connectivity index (χ3n) is 9.15. The largest absolute Gasteiger partial charge is 0.466 e. The standard InChI is InChI=1S/C41H36F2N2O3/c1-2-47-40(46)33-21-23-34(24-22-33)48-41-44-39-36(45(41)26-27-13-15-30(16-14-27)28-9-5-3-6-10-28)25-35(42)37(38(39)43)32-19-17-31(18-20-32)29-11-7-4-8-12-29/h3-20,25,33-34H,2,21-24,26H2,1H3. The van der Waals surface area contributed by atoms with Crippen LogP contribution >= 0.6 is 0 Å². The summed E-state index contributed by atoms with van der Waals surface area (Å²) in [4.78, 5) is 17.0. The molecule has 1 aliphatic rings. The van der Waals surface area contributed by atoms with E-state index in [0.29, 0.717) is 49.9 Å². The van der Waals surface area contributed by atoms with Crippen molar-refractivity contribution in [2.75, 3.05) is 6.61 Å². The monoisotopic (exact) mass is 642 g/mol. The zero-order valence-corrected chi connectivity index (χ0v) is 26.7. The van der Waals surface area contributed by atoms with Crippen LogP contribution in [0, 0.1) is 17.6 Å². The number of imidazole rings is 1. The van der Waals surface area contributed by atoms with Gasteiger partial charge in [0, 0.05) is 6.07 Å². The Labute approximate surface area is 278 Å². The maximum Gasteiger partial charge on any atom is 0.308 e. The minimum atomic E-state index is -0.730. The maximum atomic E-state index is 16.4. The Morgan fingerprint density at radius 1 is 0.750 bits per heavy atom. The highest BCUT2D eigenvalue weighted by atomic mass is 19.1. The predicted molar refractivity (Wildman–Crippen MR) is 185 cm³/mol. The molecule has 7 rings (SSSR count). The van der Waals surface area contributed by atoms with E-state index in [-0.39, 0.29) is 35.1 Å². The number of rotatable bonds is 9. The number of carbonyl (C=O) groups is 1. The molecule has 0 bridgehead atoms. The Morgan fingerprint density at radius 2 is 1.29 bits per heavy atom. The molecule has 5 nitrogen and oxygen atoms in total. The van der Waals surface area contributed by atoms with Crippen molar-refractivity contribution < 1.29 is 23.0 Å². The van der Waals surface area contributed by atoms with Gasteiger partial charge in [-0.15, -0.1) is 0 Å². The van der Waals surface area contributed by atoms with E-state index in [4.69, 9.17) is 9.47 Å². The Morgan fingerprint density at radius 3 is 1.88 bits per heavy atom. The van der Waals surface area contributed by atoms with Gasteiger partial charge in [-0.2, -0.15) is 4.98 Å². The Bertz CT molecular complexity index is 2020. The van der Waals surface area contributed by atoms with Crippen LogP contribution in [-0.4, -0.2) is 28.2 Å². The lowest BCUT2D eigenvalue weighted by atomic mass is 9.87. The SMILES string of the molecule is CCOC(=O)C1CCC(Oc2nc3c(F)c(-c4ccc(-c5ccccc5)cc4)c(F)cc3n2Cc2ccc(-c3ccccc3)cc2)CC1. The van der Waals surface area contributed by atoms with E-state index in [2.05, 4.69) is 17.1 Å². The molecular formula is C41H36F2N2O3. The lowest BCUT2D eigenvalue weighted by molar-refractivity contribution is -0.149. The van der Waals surface area contributed by atoms with Gasteiger partial charge in [0.25, 0.3) is 6.01 Å². The first kappa shape index (κ1) is 31.3. The van der Waals surface area contributed by atoms with E-state index in [1.807, 2.05) is 84.9 Å². The van der Waals surface area contributed by atoms with Crippen LogP contribution in [0.4, 0.5) is 8.78 Å². The van der Waals surface area contributed by atoms with Crippen molar-refractivity contribution in [1.29, 1.82) is 0 Å². The lowest BCUT2D eigenvalue weighted by Crippen LogP contribution is -2.29. The average Bonchev–Trinajstić information content (AvgIpc) is 3.46. The highest BCUT2D eigenvalue weighted by Crippen LogP contribution is 2.37. The second kappa shape index (κ2) is 13.8. The van der Waals surface area contributed by atoms with E-state index >= 15 is 8.78 Å². The van der Waals surface area contributed by atoms with Crippen LogP contribution in [0.1, 0.15) is 38.2 Å². The third kappa shape index (κ3) is 6.45. The molecule has 1 aromatic heterocycles. The number of fused-ring (bicyclic) bond motifs is 1. The number of esters is 1. The number of benzene rings is 5. The summed E-state index contributed by atoms with van der Waals surface area (Å²) in [7, 11) is 0. The molecule has 0 amide bonds. The van der Waals surface area contributed by atoms with Crippen LogP contribution in [0.25, 0.3) is 44.4 Å². The molecule has 5 aromatic carbocycles. The zero-order chi connectivity index (χ0) is 33.0. The Hall–Kier alpha value is -5.30. The summed E-state index contributed by atoms with van der Waals surface area (Å²) in [6, 6.07) is 36.8. The fourth-order valence-corrected chi connectivity index (χ4v) is 6.58. The van der Waals surface area contributed by atoms with E-state index in [0.717, 1.165) is 27.8 Å². The summed E-state index contributed by atoms with van der Waals surface area (Å²) in [6.45, 7) is 2.47. The number of aromatic nitrogens is 2. The van der Waals surface area contributed by atoms with Crippen molar-refractivity contribution in [3.05, 3.63) is 132 Å². The van der Waals surface area contributed by atoms with E-state index in [1.165, 1.54) is 6.07 Å². The highest BCUT2D eigenvalue weighted by Gasteiger charge is 2.30. The molecule has 7 heteroatoms. The number of nitrogens with zero attached hydrogens (tertiary/aromatic N) is 2. The summed E-state index contributed by atoms with van der Waals surface area (Å²) in [5.74, 6) is -1.74. The van der Waals surface area contributed by atoms with Crippen LogP contribution in [0.5, 0.6) is 6.01 Å². The van der Waals surface area contributed by atoms with Gasteiger partial charge in [0.1, 0.15) is 17.4 Å². The van der Waals surface area contributed by atoms with Gasteiger partial charge in [-0.05, 0) is 66.0 Å². The first-order chi connectivity index (χ1) is 23.5. The Balaban J connectivity index is 1.23. The topological polar surface area (TPSA) is 53.4 Å². The molecule has 1 fully saturated rings. The molecule has 6 aromatic rings. The molecule has 1 saturated carbocycles. The molecule has 0 atom stereocenters. The van der Waals surface area contributed by atoms with Crippen molar-refractivity contribution in [2.24, 2.45) is 5.92 Å². The molecule has 0 N–H and O–H groups in total. The highest BCUT2D eigenvalue weighted by molar-refractivity contribution is 5.85. The second-order valence-corrected chi connectivity index (χ2v) is 12.2. The smallest absolute Gasteiger partial charge is 0.308 e. The second-order valence-electron chi connectivity index (χ2n) is 12.2. The normalized spacial score (nSPS) is 16.1. The van der Waals surface area contributed by atoms with Gasteiger partial charge in [0.2, 0.25) is 0 Å². The lowest BCUT2D eigenvalue weighted by Gasteiger charge is -2.27. The van der Waals surface area contributed by atoms with Gasteiger partial charge in [-0.25, -0.2) is 8.78 Å². The average molecular weight is 643 g/mol. The molecular weight excluding hydrogens is 606 g/mol. The fraction of sp³-hybridized carbons (Fsp3) is 0.220. The fourth-order valence-electron chi connectivity index (χ4n) is 6.58. The third-order valence-corrected chi connectivity index (χ3v) is 9.15. The van der Waals surface area contributed by atoms with Gasteiger partial charge >= 0.3 is 5.97 Å². The summed E-state index contributed by atoms with van der Waals surface area (Å²) >= 11 is 0. The molecule has 1 heterocycles. The molecule has 0 spiro atoms. The van der Waals surface area contributed by atoms with Crippen molar-refractivity contribution in [3.63, 3.8) is 0 Å². The van der Waals surface area contributed by atoms with Crippen LogP contribution < -0.4 is 4.74 Å². The number of halogens is 2. The van der Waals surface area contributed by atoms with Gasteiger partial charge < -0.3 is 9.47 Å². The van der Waals surface area contributed by atoms with Crippen LogP contribution in [0.2, 0.25) is 0 Å². The minimum absolute atomic E-state index is 0.0506. The summed E-state index contributed by atoms with van der Waals surface area (Å²) < 4.78 is 45.7. The minimum Gasteiger partial charge on any atom is -0.466 e. The number of ether oxygens (including phenoxy) is 2. The zero-order valence-electron chi connectivity index (χ0n) is 26.7. The molecule has 48 heavy (non-hydrogen) atoms. The number of hydrogen-bond acceptors (Lipinski definition) is 4. The molecule has 1 aliphatic carbocycles. The molecule has 0 saturated heterocycles. The van der Waals surface area contributed by atoms with Gasteiger partial charge in [-0.1, -0.05) is 109 Å². The van der Waals surface area contributed by atoms with Crippen molar-refractivity contribution in [1.82, 2.24) is 9.55 Å². The van der Waals surface area contributed by atoms with Crippen LogP contribution in [0.3, 0.4) is 0 Å². The molecule has 0 aliphatic heterocycles.